The molecule has 0 aliphatic carbocycles. The van der Waals surface area contributed by atoms with Crippen LogP contribution in [0.2, 0.25) is 10.0 Å². The fraction of sp³-hybridized carbons (Fsp3) is 0.0833. The number of carbonyl (C=O) groups excluding carboxylic acids is 1. The minimum absolute atomic E-state index is 0.0117. The number of aromatic nitrogens is 2. The molecule has 0 atom stereocenters. The van der Waals surface area contributed by atoms with Gasteiger partial charge in [-0.3, -0.25) is 9.36 Å². The van der Waals surface area contributed by atoms with Gasteiger partial charge in [0.05, 0.1) is 22.8 Å². The predicted molar refractivity (Wildman–Crippen MR) is 75.6 cm³/mol. The molecule has 0 aliphatic rings. The molecule has 0 unspecified atom stereocenters. The third-order valence-electron chi connectivity index (χ3n) is 2.61. The van der Waals surface area contributed by atoms with Crippen molar-refractivity contribution in [2.45, 2.75) is 0 Å². The van der Waals surface area contributed by atoms with Gasteiger partial charge in [-0.15, -0.1) is 0 Å². The van der Waals surface area contributed by atoms with E-state index in [1.54, 1.807) is 0 Å². The van der Waals surface area contributed by atoms with E-state index in [1.807, 2.05) is 0 Å². The number of carbonyl (C=O) groups is 1. The molecule has 1 heterocycles. The first kappa shape index (κ1) is 15.3. The van der Waals surface area contributed by atoms with Gasteiger partial charge in [-0.1, -0.05) is 23.2 Å². The van der Waals surface area contributed by atoms with Crippen LogP contribution >= 0.6 is 23.2 Å². The van der Waals surface area contributed by atoms with E-state index in [9.17, 15) is 14.0 Å². The summed E-state index contributed by atoms with van der Waals surface area (Å²) in [5.41, 5.74) is 4.19. The number of nitrogens with two attached hydrogens (primary N) is 1. The number of hydrogen-bond donors (Lipinski definition) is 1. The lowest BCUT2D eigenvalue weighted by atomic mass is 10.2. The number of methoxy groups -OCH3 is 1. The zero-order valence-electron chi connectivity index (χ0n) is 10.6. The van der Waals surface area contributed by atoms with Gasteiger partial charge in [0.1, 0.15) is 18.0 Å². The van der Waals surface area contributed by atoms with Gasteiger partial charge in [-0.05, 0) is 12.1 Å². The van der Waals surface area contributed by atoms with Crippen LogP contribution in [0.1, 0.15) is 10.4 Å². The molecule has 0 saturated heterocycles. The summed E-state index contributed by atoms with van der Waals surface area (Å²) in [6.07, 6.45) is 1.04. The Morgan fingerprint density at radius 2 is 1.95 bits per heavy atom. The van der Waals surface area contributed by atoms with E-state index in [4.69, 9.17) is 28.9 Å². The Hall–Kier alpha value is -2.12. The number of esters is 1. The smallest absolute Gasteiger partial charge is 0.347 e. The fourth-order valence-corrected chi connectivity index (χ4v) is 2.33. The van der Waals surface area contributed by atoms with Gasteiger partial charge < -0.3 is 10.5 Å². The standard InChI is InChI=1S/C12H8Cl2FN3O3/c1-21-12(20)8-10(16)17-4-18(11(8)19)9-6(13)2-5(15)3-7(9)14/h2-4H,16H2,1H3. The molecule has 0 spiro atoms. The normalized spacial score (nSPS) is 10.5. The maximum Gasteiger partial charge on any atom is 0.347 e. The molecule has 0 radical (unpaired) electrons. The summed E-state index contributed by atoms with van der Waals surface area (Å²) in [5, 5.41) is -0.242. The lowest BCUT2D eigenvalue weighted by Crippen LogP contribution is -2.28. The van der Waals surface area contributed by atoms with Gasteiger partial charge in [0, 0.05) is 0 Å². The van der Waals surface area contributed by atoms with Gasteiger partial charge >= 0.3 is 5.97 Å². The molecular formula is C12H8Cl2FN3O3. The average molecular weight is 332 g/mol. The van der Waals surface area contributed by atoms with Gasteiger partial charge in [0.15, 0.2) is 5.56 Å². The SMILES string of the molecule is COC(=O)c1c(N)ncn(-c2c(Cl)cc(F)cc2Cl)c1=O. The zero-order chi connectivity index (χ0) is 15.7. The molecule has 2 aromatic rings. The van der Waals surface area contributed by atoms with E-state index in [2.05, 4.69) is 9.72 Å². The summed E-state index contributed by atoms with van der Waals surface area (Å²) < 4.78 is 18.6. The Kier molecular flexibility index (Phi) is 4.15. The second-order valence-corrected chi connectivity index (χ2v) is 4.70. The maximum atomic E-state index is 13.2. The molecule has 1 aromatic heterocycles. The molecule has 21 heavy (non-hydrogen) atoms. The number of nitrogen functional groups attached to an aromatic ring is 1. The highest BCUT2D eigenvalue weighted by Crippen LogP contribution is 2.28. The van der Waals surface area contributed by atoms with E-state index >= 15 is 0 Å². The molecule has 2 N–H and O–H groups in total. The van der Waals surface area contributed by atoms with Crippen LogP contribution in [-0.4, -0.2) is 22.6 Å². The quantitative estimate of drug-likeness (QED) is 0.851. The highest BCUT2D eigenvalue weighted by atomic mass is 35.5. The first-order valence-electron chi connectivity index (χ1n) is 5.47. The molecule has 1 aromatic carbocycles. The number of halogens is 3. The Balaban J connectivity index is 2.78. The highest BCUT2D eigenvalue weighted by Gasteiger charge is 2.21. The average Bonchev–Trinajstić information content (AvgIpc) is 2.40. The Morgan fingerprint density at radius 3 is 2.48 bits per heavy atom. The van der Waals surface area contributed by atoms with Crippen molar-refractivity contribution in [1.29, 1.82) is 0 Å². The van der Waals surface area contributed by atoms with Crippen LogP contribution < -0.4 is 11.3 Å². The number of anilines is 1. The molecule has 9 heteroatoms. The summed E-state index contributed by atoms with van der Waals surface area (Å²) in [7, 11) is 1.09. The van der Waals surface area contributed by atoms with Crippen molar-refractivity contribution in [2.24, 2.45) is 0 Å². The van der Waals surface area contributed by atoms with Crippen LogP contribution in [0.15, 0.2) is 23.3 Å². The Labute approximate surface area is 127 Å². The maximum absolute atomic E-state index is 13.2. The molecule has 110 valence electrons. The van der Waals surface area contributed by atoms with E-state index in [0.29, 0.717) is 0 Å². The summed E-state index contributed by atoms with van der Waals surface area (Å²) in [6, 6.07) is 1.95. The van der Waals surface area contributed by atoms with Crippen LogP contribution in [0.3, 0.4) is 0 Å². The Morgan fingerprint density at radius 1 is 1.38 bits per heavy atom. The minimum Gasteiger partial charge on any atom is -0.465 e. The molecule has 6 nitrogen and oxygen atoms in total. The first-order chi connectivity index (χ1) is 9.86. The van der Waals surface area contributed by atoms with Crippen molar-refractivity contribution in [1.82, 2.24) is 9.55 Å². The first-order valence-corrected chi connectivity index (χ1v) is 6.22. The highest BCUT2D eigenvalue weighted by molar-refractivity contribution is 6.37. The van der Waals surface area contributed by atoms with Gasteiger partial charge in [-0.25, -0.2) is 14.2 Å². The molecular weight excluding hydrogens is 324 g/mol. The van der Waals surface area contributed by atoms with Crippen LogP contribution in [0.4, 0.5) is 10.2 Å². The zero-order valence-corrected chi connectivity index (χ0v) is 12.1. The topological polar surface area (TPSA) is 87.2 Å². The number of ether oxygens (including phenoxy) is 1. The van der Waals surface area contributed by atoms with Crippen LogP contribution in [0, 0.1) is 5.82 Å². The van der Waals surface area contributed by atoms with Crippen molar-refractivity contribution in [3.8, 4) is 5.69 Å². The van der Waals surface area contributed by atoms with Crippen LogP contribution in [0.25, 0.3) is 5.69 Å². The predicted octanol–water partition coefficient (Wildman–Crippen LogP) is 2.05. The minimum atomic E-state index is -0.950. The monoisotopic (exact) mass is 331 g/mol. The van der Waals surface area contributed by atoms with Gasteiger partial charge in [0.25, 0.3) is 5.56 Å². The van der Waals surface area contributed by atoms with Crippen molar-refractivity contribution in [3.05, 3.63) is 50.2 Å². The third kappa shape index (κ3) is 2.70. The van der Waals surface area contributed by atoms with Crippen LogP contribution in [0.5, 0.6) is 0 Å². The largest absolute Gasteiger partial charge is 0.465 e. The van der Waals surface area contributed by atoms with Crippen molar-refractivity contribution in [2.75, 3.05) is 12.8 Å². The number of hydrogen-bond acceptors (Lipinski definition) is 5. The molecule has 0 fully saturated rings. The van der Waals surface area contributed by atoms with Crippen molar-refractivity contribution >= 4 is 35.0 Å². The van der Waals surface area contributed by atoms with E-state index in [-0.39, 0.29) is 21.6 Å². The molecule has 0 aliphatic heterocycles. The number of rotatable bonds is 2. The summed E-state index contributed by atoms with van der Waals surface area (Å²) in [5.74, 6) is -1.91. The fourth-order valence-electron chi connectivity index (χ4n) is 1.68. The van der Waals surface area contributed by atoms with Gasteiger partial charge in [0.2, 0.25) is 0 Å². The lowest BCUT2D eigenvalue weighted by Gasteiger charge is -2.11. The van der Waals surface area contributed by atoms with Crippen molar-refractivity contribution < 1.29 is 13.9 Å². The van der Waals surface area contributed by atoms with E-state index < -0.39 is 22.9 Å². The summed E-state index contributed by atoms with van der Waals surface area (Å²) in [4.78, 5) is 27.6. The number of nitrogens with zero attached hydrogens (tertiary/aromatic N) is 2. The molecule has 2 rings (SSSR count). The van der Waals surface area contributed by atoms with E-state index in [0.717, 1.165) is 30.1 Å². The summed E-state index contributed by atoms with van der Waals surface area (Å²) >= 11 is 11.8. The second-order valence-electron chi connectivity index (χ2n) is 3.89. The third-order valence-corrected chi connectivity index (χ3v) is 3.19. The van der Waals surface area contributed by atoms with E-state index in [1.165, 1.54) is 0 Å². The second kappa shape index (κ2) is 5.71. The molecule has 0 bridgehead atoms. The van der Waals surface area contributed by atoms with Crippen molar-refractivity contribution in [3.63, 3.8) is 0 Å². The number of benzene rings is 1. The molecule has 0 amide bonds. The molecule has 0 saturated carbocycles. The van der Waals surface area contributed by atoms with Crippen LogP contribution in [-0.2, 0) is 4.74 Å². The Bertz CT molecular complexity index is 769. The van der Waals surface area contributed by atoms with Gasteiger partial charge in [-0.2, -0.15) is 0 Å². The lowest BCUT2D eigenvalue weighted by molar-refractivity contribution is 0.0599. The summed E-state index contributed by atoms with van der Waals surface area (Å²) in [6.45, 7) is 0.